The van der Waals surface area contributed by atoms with Crippen molar-refractivity contribution in [2.45, 2.75) is 32.4 Å². The highest BCUT2D eigenvalue weighted by Gasteiger charge is 2.18. The maximum absolute atomic E-state index is 11.6. The normalized spacial score (nSPS) is 13.7. The molecule has 0 aliphatic carbocycles. The van der Waals surface area contributed by atoms with Gasteiger partial charge in [0.2, 0.25) is 0 Å². The number of nitrogens with zero attached hydrogens (tertiary/aromatic N) is 2. The van der Waals surface area contributed by atoms with Gasteiger partial charge in [-0.2, -0.15) is 0 Å². The van der Waals surface area contributed by atoms with Gasteiger partial charge in [0.25, 0.3) is 0 Å². The van der Waals surface area contributed by atoms with Crippen LogP contribution < -0.4 is 11.1 Å². The number of carbonyl (C=O) groups is 1. The van der Waals surface area contributed by atoms with Crippen LogP contribution in [0.2, 0.25) is 0 Å². The van der Waals surface area contributed by atoms with E-state index in [2.05, 4.69) is 15.1 Å². The van der Waals surface area contributed by atoms with Gasteiger partial charge in [0.05, 0.1) is 0 Å². The Labute approximate surface area is 117 Å². The van der Waals surface area contributed by atoms with Gasteiger partial charge in [-0.25, -0.2) is 4.79 Å². The van der Waals surface area contributed by atoms with Gasteiger partial charge in [0.1, 0.15) is 5.60 Å². The Kier molecular flexibility index (Phi) is 7.97. The van der Waals surface area contributed by atoms with Gasteiger partial charge < -0.3 is 20.7 Å². The predicted octanol–water partition coefficient (Wildman–Crippen LogP) is 0.332. The molecule has 0 saturated carbocycles. The van der Waals surface area contributed by atoms with Crippen LogP contribution in [0.3, 0.4) is 0 Å². The molecule has 0 heterocycles. The van der Waals surface area contributed by atoms with Crippen LogP contribution in [0, 0.1) is 0 Å². The van der Waals surface area contributed by atoms with E-state index < -0.39 is 11.7 Å². The third-order valence-corrected chi connectivity index (χ3v) is 2.68. The van der Waals surface area contributed by atoms with Crippen molar-refractivity contribution >= 4 is 6.09 Å². The molecule has 6 heteroatoms. The van der Waals surface area contributed by atoms with Crippen molar-refractivity contribution < 1.29 is 9.53 Å². The first kappa shape index (κ1) is 18.1. The van der Waals surface area contributed by atoms with Gasteiger partial charge in [0, 0.05) is 32.2 Å². The molecule has 6 nitrogen and oxygen atoms in total. The van der Waals surface area contributed by atoms with E-state index in [1.54, 1.807) is 0 Å². The van der Waals surface area contributed by atoms with E-state index in [9.17, 15) is 4.79 Å². The predicted molar refractivity (Wildman–Crippen MR) is 78.3 cm³/mol. The van der Waals surface area contributed by atoms with Crippen LogP contribution in [-0.4, -0.2) is 74.9 Å². The van der Waals surface area contributed by atoms with E-state index in [-0.39, 0.29) is 6.04 Å². The van der Waals surface area contributed by atoms with Gasteiger partial charge in [-0.05, 0) is 41.9 Å². The summed E-state index contributed by atoms with van der Waals surface area (Å²) in [5, 5.41) is 2.76. The largest absolute Gasteiger partial charge is 0.444 e. The zero-order valence-corrected chi connectivity index (χ0v) is 13.2. The van der Waals surface area contributed by atoms with E-state index in [1.807, 2.05) is 41.9 Å². The zero-order valence-electron chi connectivity index (χ0n) is 13.2. The third-order valence-electron chi connectivity index (χ3n) is 2.68. The lowest BCUT2D eigenvalue weighted by molar-refractivity contribution is 0.0511. The second-order valence-electron chi connectivity index (χ2n) is 6.06. The topological polar surface area (TPSA) is 70.8 Å². The third kappa shape index (κ3) is 9.69. The molecular formula is C13H30N4O2. The number of amides is 1. The molecule has 0 fully saturated rings. The molecule has 0 aromatic carbocycles. The van der Waals surface area contributed by atoms with Crippen LogP contribution in [0.15, 0.2) is 0 Å². The molecule has 3 N–H and O–H groups in total. The molecule has 0 spiro atoms. The minimum atomic E-state index is -0.473. The molecule has 0 aromatic rings. The molecule has 0 aliphatic rings. The minimum absolute atomic E-state index is 0.118. The first-order valence-electron chi connectivity index (χ1n) is 6.67. The number of carbonyl (C=O) groups excluding carboxylic acids is 1. The zero-order chi connectivity index (χ0) is 15.1. The lowest BCUT2D eigenvalue weighted by Crippen LogP contribution is -2.48. The molecule has 1 atom stereocenters. The van der Waals surface area contributed by atoms with Crippen molar-refractivity contribution in [1.82, 2.24) is 15.1 Å². The molecule has 0 rings (SSSR count). The Balaban J connectivity index is 4.08. The SMILES string of the molecule is CN(C)CCN(C)C(CN)CNC(=O)OC(C)(C)C. The number of hydrogen-bond acceptors (Lipinski definition) is 5. The molecule has 0 radical (unpaired) electrons. The number of alkyl carbamates (subject to hydrolysis) is 1. The van der Waals surface area contributed by atoms with Gasteiger partial charge in [0.15, 0.2) is 0 Å². The van der Waals surface area contributed by atoms with Crippen molar-refractivity contribution in [3.05, 3.63) is 0 Å². The summed E-state index contributed by atoms with van der Waals surface area (Å²) in [7, 11) is 6.08. The fourth-order valence-electron chi connectivity index (χ4n) is 1.47. The highest BCUT2D eigenvalue weighted by atomic mass is 16.6. The van der Waals surface area contributed by atoms with Crippen LogP contribution in [-0.2, 0) is 4.74 Å². The lowest BCUT2D eigenvalue weighted by atomic mass is 10.2. The fraction of sp³-hybridized carbons (Fsp3) is 0.923. The number of hydrogen-bond donors (Lipinski definition) is 2. The molecule has 19 heavy (non-hydrogen) atoms. The van der Waals surface area contributed by atoms with E-state index in [0.29, 0.717) is 13.1 Å². The highest BCUT2D eigenvalue weighted by molar-refractivity contribution is 5.67. The van der Waals surface area contributed by atoms with Gasteiger partial charge in [-0.15, -0.1) is 0 Å². The Hall–Kier alpha value is -0.850. The second-order valence-corrected chi connectivity index (χ2v) is 6.06. The summed E-state index contributed by atoms with van der Waals surface area (Å²) in [5.41, 5.74) is 5.27. The minimum Gasteiger partial charge on any atom is -0.444 e. The second kappa shape index (κ2) is 8.35. The molecule has 0 saturated heterocycles. The van der Waals surface area contributed by atoms with E-state index >= 15 is 0 Å². The van der Waals surface area contributed by atoms with Gasteiger partial charge >= 0.3 is 6.09 Å². The van der Waals surface area contributed by atoms with Crippen LogP contribution in [0.5, 0.6) is 0 Å². The maximum atomic E-state index is 11.6. The van der Waals surface area contributed by atoms with E-state index in [4.69, 9.17) is 10.5 Å². The van der Waals surface area contributed by atoms with E-state index in [0.717, 1.165) is 13.1 Å². The number of nitrogens with two attached hydrogens (primary N) is 1. The molecule has 0 bridgehead atoms. The molecular weight excluding hydrogens is 244 g/mol. The smallest absolute Gasteiger partial charge is 0.407 e. The molecule has 1 amide bonds. The highest BCUT2D eigenvalue weighted by Crippen LogP contribution is 2.06. The number of likely N-dealkylation sites (N-methyl/N-ethyl adjacent to an activating group) is 2. The average Bonchev–Trinajstić information content (AvgIpc) is 2.24. The van der Waals surface area contributed by atoms with Gasteiger partial charge in [-0.1, -0.05) is 0 Å². The Bertz CT molecular complexity index is 264. The summed E-state index contributed by atoms with van der Waals surface area (Å²) < 4.78 is 5.19. The summed E-state index contributed by atoms with van der Waals surface area (Å²) in [5.74, 6) is 0. The number of rotatable bonds is 7. The first-order valence-corrected chi connectivity index (χ1v) is 6.67. The fourth-order valence-corrected chi connectivity index (χ4v) is 1.47. The molecule has 114 valence electrons. The van der Waals surface area contributed by atoms with Crippen LogP contribution in [0.25, 0.3) is 0 Å². The first-order chi connectivity index (χ1) is 8.65. The number of nitrogens with one attached hydrogen (secondary N) is 1. The van der Waals surface area contributed by atoms with Crippen molar-refractivity contribution in [3.8, 4) is 0 Å². The summed E-state index contributed by atoms with van der Waals surface area (Å²) in [6, 6.07) is 0.118. The molecule has 0 aliphatic heterocycles. The van der Waals surface area contributed by atoms with E-state index in [1.165, 1.54) is 0 Å². The van der Waals surface area contributed by atoms with Crippen LogP contribution >= 0.6 is 0 Å². The number of ether oxygens (including phenoxy) is 1. The average molecular weight is 274 g/mol. The van der Waals surface area contributed by atoms with Gasteiger partial charge in [-0.3, -0.25) is 4.90 Å². The summed E-state index contributed by atoms with van der Waals surface area (Å²) in [6.07, 6.45) is -0.396. The van der Waals surface area contributed by atoms with Crippen molar-refractivity contribution in [2.24, 2.45) is 5.73 Å². The summed E-state index contributed by atoms with van der Waals surface area (Å²) >= 11 is 0. The van der Waals surface area contributed by atoms with Crippen molar-refractivity contribution in [2.75, 3.05) is 47.3 Å². The quantitative estimate of drug-likeness (QED) is 0.700. The summed E-state index contributed by atoms with van der Waals surface area (Å²) in [4.78, 5) is 15.8. The molecule has 0 aromatic heterocycles. The monoisotopic (exact) mass is 274 g/mol. The lowest BCUT2D eigenvalue weighted by Gasteiger charge is -2.28. The van der Waals surface area contributed by atoms with Crippen molar-refractivity contribution in [1.29, 1.82) is 0 Å². The Morgan fingerprint density at radius 1 is 1.26 bits per heavy atom. The Morgan fingerprint density at radius 3 is 2.26 bits per heavy atom. The maximum Gasteiger partial charge on any atom is 0.407 e. The van der Waals surface area contributed by atoms with Crippen LogP contribution in [0.4, 0.5) is 4.79 Å². The summed E-state index contributed by atoms with van der Waals surface area (Å²) in [6.45, 7) is 8.39. The molecule has 1 unspecified atom stereocenters. The van der Waals surface area contributed by atoms with Crippen LogP contribution in [0.1, 0.15) is 20.8 Å². The standard InChI is InChI=1S/C13H30N4O2/c1-13(2,3)19-12(18)15-10-11(9-14)17(6)8-7-16(4)5/h11H,7-10,14H2,1-6H3,(H,15,18). The Morgan fingerprint density at radius 2 is 1.84 bits per heavy atom. The van der Waals surface area contributed by atoms with Crippen molar-refractivity contribution in [3.63, 3.8) is 0 Å².